The number of rotatable bonds is 6. The molecule has 7 aromatic rings. The lowest BCUT2D eigenvalue weighted by atomic mass is 10.0. The molecule has 7 rings (SSSR count). The van der Waals surface area contributed by atoms with Crippen molar-refractivity contribution in [2.75, 3.05) is 5.32 Å². The fraction of sp³-hybridized carbons (Fsp3) is 0.0303. The van der Waals surface area contributed by atoms with Crippen molar-refractivity contribution in [3.63, 3.8) is 0 Å². The number of hydrogen-bond acceptors (Lipinski definition) is 4. The second kappa shape index (κ2) is 10.2. The van der Waals surface area contributed by atoms with Crippen molar-refractivity contribution >= 4 is 33.4 Å². The zero-order valence-corrected chi connectivity index (χ0v) is 21.7. The smallest absolute Gasteiger partial charge is 0.228 e. The van der Waals surface area contributed by atoms with Crippen LogP contribution in [-0.4, -0.2) is 31.1 Å². The molecule has 0 aliphatic carbocycles. The number of fused-ring (bicyclic) bond motifs is 2. The first-order valence-electron chi connectivity index (χ1n) is 13.1. The molecule has 41 heavy (non-hydrogen) atoms. The van der Waals surface area contributed by atoms with Gasteiger partial charge in [0.25, 0.3) is 0 Å². The van der Waals surface area contributed by atoms with E-state index < -0.39 is 0 Å². The highest BCUT2D eigenvalue weighted by molar-refractivity contribution is 6.01. The van der Waals surface area contributed by atoms with Gasteiger partial charge in [-0.05, 0) is 53.6 Å². The lowest BCUT2D eigenvalue weighted by molar-refractivity contribution is -0.115. The third-order valence-corrected chi connectivity index (χ3v) is 7.03. The number of pyridine rings is 2. The third-order valence-electron chi connectivity index (χ3n) is 7.03. The number of aromatic nitrogens is 5. The Morgan fingerprint density at radius 1 is 0.780 bits per heavy atom. The number of hydrogen-bond donors (Lipinski definition) is 3. The first kappa shape index (κ1) is 24.4. The number of H-pyrrole nitrogens is 2. The average molecular weight is 539 g/mol. The summed E-state index contributed by atoms with van der Waals surface area (Å²) in [7, 11) is 0. The molecule has 0 bridgehead atoms. The zero-order chi connectivity index (χ0) is 27.8. The van der Waals surface area contributed by atoms with Crippen LogP contribution >= 0.6 is 0 Å². The van der Waals surface area contributed by atoms with E-state index in [-0.39, 0.29) is 18.1 Å². The third kappa shape index (κ3) is 4.83. The Balaban J connectivity index is 1.21. The number of amides is 1. The van der Waals surface area contributed by atoms with Gasteiger partial charge in [-0.2, -0.15) is 5.10 Å². The van der Waals surface area contributed by atoms with Crippen LogP contribution in [0.4, 0.5) is 10.1 Å². The van der Waals surface area contributed by atoms with E-state index in [0.717, 1.165) is 49.9 Å². The first-order chi connectivity index (χ1) is 20.1. The molecule has 0 fully saturated rings. The Kier molecular flexibility index (Phi) is 6.05. The summed E-state index contributed by atoms with van der Waals surface area (Å²) in [5, 5.41) is 12.5. The Morgan fingerprint density at radius 2 is 1.66 bits per heavy atom. The second-order valence-corrected chi connectivity index (χ2v) is 9.82. The molecule has 8 heteroatoms. The molecule has 0 atom stereocenters. The number of aromatic amines is 2. The molecule has 0 unspecified atom stereocenters. The number of anilines is 1. The quantitative estimate of drug-likeness (QED) is 0.209. The second-order valence-electron chi connectivity index (χ2n) is 9.82. The number of nitrogens with zero attached hydrogens (tertiary/aromatic N) is 3. The van der Waals surface area contributed by atoms with E-state index in [4.69, 9.17) is 0 Å². The van der Waals surface area contributed by atoms with Gasteiger partial charge in [-0.25, -0.2) is 4.39 Å². The maximum atomic E-state index is 13.9. The summed E-state index contributed by atoms with van der Waals surface area (Å²) in [6.07, 6.45) is 5.41. The topological polar surface area (TPSA) is 99.3 Å². The number of carbonyl (C=O) groups is 1. The van der Waals surface area contributed by atoms with E-state index in [1.54, 1.807) is 24.7 Å². The molecule has 0 saturated heterocycles. The van der Waals surface area contributed by atoms with E-state index in [0.29, 0.717) is 16.9 Å². The van der Waals surface area contributed by atoms with Crippen LogP contribution in [0.3, 0.4) is 0 Å². The van der Waals surface area contributed by atoms with Crippen LogP contribution in [0.15, 0.2) is 110 Å². The highest BCUT2D eigenvalue weighted by Crippen LogP contribution is 2.34. The Labute approximate surface area is 234 Å². The van der Waals surface area contributed by atoms with Gasteiger partial charge in [-0.1, -0.05) is 48.5 Å². The van der Waals surface area contributed by atoms with Gasteiger partial charge in [0.05, 0.1) is 35.2 Å². The number of halogens is 1. The molecule has 198 valence electrons. The van der Waals surface area contributed by atoms with Crippen LogP contribution in [0, 0.1) is 5.82 Å². The van der Waals surface area contributed by atoms with E-state index in [1.165, 1.54) is 12.1 Å². The van der Waals surface area contributed by atoms with Gasteiger partial charge in [0.1, 0.15) is 11.5 Å². The van der Waals surface area contributed by atoms with Crippen molar-refractivity contribution in [3.05, 3.63) is 121 Å². The van der Waals surface area contributed by atoms with Crippen LogP contribution in [0.1, 0.15) is 5.56 Å². The monoisotopic (exact) mass is 538 g/mol. The summed E-state index contributed by atoms with van der Waals surface area (Å²) in [5.74, 6) is -0.411. The Morgan fingerprint density at radius 3 is 2.54 bits per heavy atom. The standard InChI is InChI=1S/C33H23FN6O/c34-24-8-4-7-22(14-24)32-27-17-30(38-28(27)11-12-36-32)33-26-16-21(9-10-29(26)39-40-33)23-15-25(19-35-18-23)37-31(41)13-20-5-2-1-3-6-20/h1-12,14-19,38H,13H2,(H,37,41)(H,39,40). The van der Waals surface area contributed by atoms with Gasteiger partial charge in [0.2, 0.25) is 5.91 Å². The van der Waals surface area contributed by atoms with Crippen molar-refractivity contribution in [1.29, 1.82) is 0 Å². The minimum absolute atomic E-state index is 0.103. The first-order valence-corrected chi connectivity index (χ1v) is 13.1. The van der Waals surface area contributed by atoms with Crippen LogP contribution in [0.2, 0.25) is 0 Å². The number of benzene rings is 3. The minimum atomic E-state index is -0.308. The molecule has 0 aliphatic heterocycles. The van der Waals surface area contributed by atoms with E-state index in [1.807, 2.05) is 66.7 Å². The summed E-state index contributed by atoms with van der Waals surface area (Å²) < 4.78 is 13.9. The average Bonchev–Trinajstić information content (AvgIpc) is 3.61. The van der Waals surface area contributed by atoms with E-state index >= 15 is 0 Å². The highest BCUT2D eigenvalue weighted by atomic mass is 19.1. The Hall–Kier alpha value is -5.63. The number of nitrogens with one attached hydrogen (secondary N) is 3. The molecular formula is C33H23FN6O. The molecular weight excluding hydrogens is 515 g/mol. The molecule has 0 radical (unpaired) electrons. The fourth-order valence-electron chi connectivity index (χ4n) is 5.10. The van der Waals surface area contributed by atoms with Crippen LogP contribution in [0.5, 0.6) is 0 Å². The maximum Gasteiger partial charge on any atom is 0.228 e. The molecule has 1 amide bonds. The van der Waals surface area contributed by atoms with Gasteiger partial charge in [0.15, 0.2) is 0 Å². The predicted octanol–water partition coefficient (Wildman–Crippen LogP) is 7.16. The summed E-state index contributed by atoms with van der Waals surface area (Å²) >= 11 is 0. The van der Waals surface area contributed by atoms with Crippen molar-refractivity contribution in [2.24, 2.45) is 0 Å². The van der Waals surface area contributed by atoms with Gasteiger partial charge < -0.3 is 10.3 Å². The van der Waals surface area contributed by atoms with Crippen LogP contribution < -0.4 is 5.32 Å². The van der Waals surface area contributed by atoms with Gasteiger partial charge >= 0.3 is 0 Å². The molecule has 4 heterocycles. The lowest BCUT2D eigenvalue weighted by Gasteiger charge is -2.08. The molecule has 3 N–H and O–H groups in total. The fourth-order valence-corrected chi connectivity index (χ4v) is 5.10. The summed E-state index contributed by atoms with van der Waals surface area (Å²) in [4.78, 5) is 24.9. The van der Waals surface area contributed by atoms with Gasteiger partial charge in [-0.15, -0.1) is 0 Å². The normalized spacial score (nSPS) is 11.2. The van der Waals surface area contributed by atoms with E-state index in [2.05, 4.69) is 36.5 Å². The van der Waals surface area contributed by atoms with Crippen molar-refractivity contribution in [1.82, 2.24) is 25.1 Å². The largest absolute Gasteiger partial charge is 0.353 e. The molecule has 4 aromatic heterocycles. The summed E-state index contributed by atoms with van der Waals surface area (Å²) in [6.45, 7) is 0. The molecule has 0 aliphatic rings. The number of carbonyl (C=O) groups excluding carboxylic acids is 1. The lowest BCUT2D eigenvalue weighted by Crippen LogP contribution is -2.14. The predicted molar refractivity (Wildman–Crippen MR) is 159 cm³/mol. The molecule has 0 spiro atoms. The minimum Gasteiger partial charge on any atom is -0.353 e. The summed E-state index contributed by atoms with van der Waals surface area (Å²) in [6, 6.07) is 27.9. The van der Waals surface area contributed by atoms with Crippen molar-refractivity contribution in [3.8, 4) is 33.8 Å². The van der Waals surface area contributed by atoms with E-state index in [9.17, 15) is 9.18 Å². The van der Waals surface area contributed by atoms with Gasteiger partial charge in [0, 0.05) is 39.8 Å². The molecule has 3 aromatic carbocycles. The van der Waals surface area contributed by atoms with Crippen molar-refractivity contribution in [2.45, 2.75) is 6.42 Å². The molecule has 7 nitrogen and oxygen atoms in total. The van der Waals surface area contributed by atoms with Gasteiger partial charge in [-0.3, -0.25) is 19.9 Å². The molecule has 0 saturated carbocycles. The SMILES string of the molecule is O=C(Cc1ccccc1)Nc1cncc(-c2ccc3[nH]nc(-c4cc5c(-c6cccc(F)c6)nccc5[nH]4)c3c2)c1. The Bertz CT molecular complexity index is 2050. The summed E-state index contributed by atoms with van der Waals surface area (Å²) in [5.41, 5.74) is 8.11. The van der Waals surface area contributed by atoms with Crippen molar-refractivity contribution < 1.29 is 9.18 Å². The van der Waals surface area contributed by atoms with Crippen LogP contribution in [-0.2, 0) is 11.2 Å². The highest BCUT2D eigenvalue weighted by Gasteiger charge is 2.15. The van der Waals surface area contributed by atoms with Crippen LogP contribution in [0.25, 0.3) is 55.6 Å². The maximum absolute atomic E-state index is 13.9. The zero-order valence-electron chi connectivity index (χ0n) is 21.7.